The average Bonchev–Trinajstić information content (AvgIpc) is 3.29. The van der Waals surface area contributed by atoms with Crippen LogP contribution in [-0.2, 0) is 0 Å². The molecule has 0 fully saturated rings. The monoisotopic (exact) mass is 714 g/mol. The predicted molar refractivity (Wildman–Crippen MR) is 231 cm³/mol. The zero-order chi connectivity index (χ0) is 37.3. The molecule has 10 aromatic rings. The van der Waals surface area contributed by atoms with E-state index in [1.165, 1.54) is 5.56 Å². The number of fused-ring (bicyclic) bond motifs is 3. The van der Waals surface area contributed by atoms with Crippen molar-refractivity contribution in [3.8, 4) is 78.7 Å². The van der Waals surface area contributed by atoms with E-state index in [0.717, 1.165) is 89.1 Å². The Bertz CT molecular complexity index is 2960. The number of benzene rings is 7. The maximum atomic E-state index is 5.16. The summed E-state index contributed by atoms with van der Waals surface area (Å²) in [5.41, 5.74) is 15.3. The predicted octanol–water partition coefficient (Wildman–Crippen LogP) is 13.2. The first-order chi connectivity index (χ1) is 27.7. The summed E-state index contributed by atoms with van der Waals surface area (Å²) in [6.07, 6.45) is 0. The van der Waals surface area contributed by atoms with Crippen molar-refractivity contribution in [2.24, 2.45) is 0 Å². The van der Waals surface area contributed by atoms with Crippen LogP contribution in [0.25, 0.3) is 100 Å². The average molecular weight is 715 g/mol. The molecular formula is C52H34N4. The van der Waals surface area contributed by atoms with Crippen LogP contribution in [0.5, 0.6) is 0 Å². The first-order valence-electron chi connectivity index (χ1n) is 18.8. The van der Waals surface area contributed by atoms with E-state index in [0.29, 0.717) is 5.82 Å². The van der Waals surface area contributed by atoms with Crippen LogP contribution in [0.4, 0.5) is 0 Å². The van der Waals surface area contributed by atoms with Crippen molar-refractivity contribution < 1.29 is 0 Å². The standard InChI is InChI=1S/C52H34N4/c1-4-10-35(11-5-1)36-20-28-45(29-21-36)52-55-48(40-14-8-3-9-15-40)34-49(56-52)42-24-18-38(19-25-42)37-16-22-41(23-17-37)47-33-31-44-27-26-43-30-32-46(39-12-6-2-7-13-39)53-50(43)51(44)54-47/h1-34H. The molecule has 0 unspecified atom stereocenters. The lowest BCUT2D eigenvalue weighted by Crippen LogP contribution is -1.96. The molecule has 0 amide bonds. The van der Waals surface area contributed by atoms with Gasteiger partial charge in [-0.2, -0.15) is 0 Å². The minimum Gasteiger partial charge on any atom is -0.245 e. The van der Waals surface area contributed by atoms with Crippen LogP contribution in [0, 0.1) is 0 Å². The normalized spacial score (nSPS) is 11.2. The molecule has 0 saturated carbocycles. The summed E-state index contributed by atoms with van der Waals surface area (Å²) in [7, 11) is 0. The van der Waals surface area contributed by atoms with Gasteiger partial charge in [-0.25, -0.2) is 19.9 Å². The fourth-order valence-electron chi connectivity index (χ4n) is 7.29. The summed E-state index contributed by atoms with van der Waals surface area (Å²) < 4.78 is 0. The number of aromatic nitrogens is 4. The lowest BCUT2D eigenvalue weighted by molar-refractivity contribution is 1.18. The molecule has 0 aliphatic rings. The fraction of sp³-hybridized carbons (Fsp3) is 0. The van der Waals surface area contributed by atoms with E-state index < -0.39 is 0 Å². The second-order valence-corrected chi connectivity index (χ2v) is 13.9. The Kier molecular flexibility index (Phi) is 8.47. The summed E-state index contributed by atoms with van der Waals surface area (Å²) in [5.74, 6) is 0.698. The molecule has 0 N–H and O–H groups in total. The molecule has 0 aliphatic carbocycles. The molecule has 0 radical (unpaired) electrons. The van der Waals surface area contributed by atoms with Gasteiger partial charge in [-0.15, -0.1) is 0 Å². The molecule has 262 valence electrons. The van der Waals surface area contributed by atoms with E-state index >= 15 is 0 Å². The van der Waals surface area contributed by atoms with E-state index in [2.05, 4.69) is 164 Å². The van der Waals surface area contributed by atoms with Gasteiger partial charge in [-0.3, -0.25) is 0 Å². The second kappa shape index (κ2) is 14.3. The van der Waals surface area contributed by atoms with Crippen molar-refractivity contribution in [2.45, 2.75) is 0 Å². The molecule has 56 heavy (non-hydrogen) atoms. The third-order valence-electron chi connectivity index (χ3n) is 10.3. The van der Waals surface area contributed by atoms with Crippen molar-refractivity contribution in [1.29, 1.82) is 0 Å². The van der Waals surface area contributed by atoms with Crippen LogP contribution in [-0.4, -0.2) is 19.9 Å². The van der Waals surface area contributed by atoms with E-state index in [-0.39, 0.29) is 0 Å². The van der Waals surface area contributed by atoms with Crippen LogP contribution in [0.3, 0.4) is 0 Å². The van der Waals surface area contributed by atoms with Crippen LogP contribution in [0.2, 0.25) is 0 Å². The number of hydrogen-bond donors (Lipinski definition) is 0. The van der Waals surface area contributed by atoms with Crippen LogP contribution < -0.4 is 0 Å². The van der Waals surface area contributed by atoms with Gasteiger partial charge in [0, 0.05) is 38.6 Å². The van der Waals surface area contributed by atoms with Gasteiger partial charge in [0.2, 0.25) is 0 Å². The first-order valence-corrected chi connectivity index (χ1v) is 18.8. The molecule has 4 heteroatoms. The molecule has 7 aromatic carbocycles. The Hall–Kier alpha value is -7.56. The van der Waals surface area contributed by atoms with Gasteiger partial charge in [0.05, 0.1) is 33.8 Å². The number of rotatable bonds is 7. The maximum absolute atomic E-state index is 5.16. The van der Waals surface area contributed by atoms with Gasteiger partial charge in [0.1, 0.15) is 0 Å². The van der Waals surface area contributed by atoms with Gasteiger partial charge >= 0.3 is 0 Å². The molecular weight excluding hydrogens is 681 g/mol. The summed E-state index contributed by atoms with van der Waals surface area (Å²) in [5, 5.41) is 2.15. The Morgan fingerprint density at radius 3 is 0.964 bits per heavy atom. The minimum atomic E-state index is 0.698. The lowest BCUT2D eigenvalue weighted by atomic mass is 9.99. The SMILES string of the molecule is c1ccc(-c2ccc(-c3nc(-c4ccccc4)cc(-c4ccc(-c5ccc(-c6ccc7ccc8ccc(-c9ccccc9)nc8c7n6)cc5)cc4)n3)cc2)cc1. The molecule has 0 spiro atoms. The third kappa shape index (κ3) is 6.50. The summed E-state index contributed by atoms with van der Waals surface area (Å²) in [4.78, 5) is 20.3. The van der Waals surface area contributed by atoms with Crippen LogP contribution in [0.15, 0.2) is 206 Å². The first kappa shape index (κ1) is 33.0. The molecule has 0 bridgehead atoms. The van der Waals surface area contributed by atoms with Crippen LogP contribution in [0.1, 0.15) is 0 Å². The zero-order valence-electron chi connectivity index (χ0n) is 30.4. The van der Waals surface area contributed by atoms with Gasteiger partial charge in [-0.05, 0) is 40.5 Å². The molecule has 0 aliphatic heterocycles. The lowest BCUT2D eigenvalue weighted by Gasteiger charge is -2.11. The molecule has 3 aromatic heterocycles. The van der Waals surface area contributed by atoms with Gasteiger partial charge < -0.3 is 0 Å². The highest BCUT2D eigenvalue weighted by Gasteiger charge is 2.13. The van der Waals surface area contributed by atoms with E-state index in [4.69, 9.17) is 19.9 Å². The number of pyridine rings is 2. The minimum absolute atomic E-state index is 0.698. The second-order valence-electron chi connectivity index (χ2n) is 13.9. The van der Waals surface area contributed by atoms with Gasteiger partial charge in [-0.1, -0.05) is 188 Å². The van der Waals surface area contributed by atoms with Crippen molar-refractivity contribution >= 4 is 21.8 Å². The zero-order valence-corrected chi connectivity index (χ0v) is 30.4. The fourth-order valence-corrected chi connectivity index (χ4v) is 7.29. The van der Waals surface area contributed by atoms with Crippen LogP contribution >= 0.6 is 0 Å². The van der Waals surface area contributed by atoms with Gasteiger partial charge in [0.15, 0.2) is 5.82 Å². The Labute approximate surface area is 325 Å². The molecule has 0 atom stereocenters. The van der Waals surface area contributed by atoms with Crippen molar-refractivity contribution in [1.82, 2.24) is 19.9 Å². The summed E-state index contributed by atoms with van der Waals surface area (Å²) >= 11 is 0. The summed E-state index contributed by atoms with van der Waals surface area (Å²) in [6, 6.07) is 71.5. The molecule has 10 rings (SSSR count). The van der Waals surface area contributed by atoms with Crippen molar-refractivity contribution in [2.75, 3.05) is 0 Å². The molecule has 0 saturated heterocycles. The smallest absolute Gasteiger partial charge is 0.160 e. The number of nitrogens with zero attached hydrogens (tertiary/aromatic N) is 4. The van der Waals surface area contributed by atoms with E-state index in [1.54, 1.807) is 0 Å². The quantitative estimate of drug-likeness (QED) is 0.154. The highest BCUT2D eigenvalue weighted by Crippen LogP contribution is 2.33. The molecule has 4 nitrogen and oxygen atoms in total. The third-order valence-corrected chi connectivity index (χ3v) is 10.3. The van der Waals surface area contributed by atoms with Crippen molar-refractivity contribution in [3.05, 3.63) is 206 Å². The topological polar surface area (TPSA) is 51.6 Å². The largest absolute Gasteiger partial charge is 0.245 e. The van der Waals surface area contributed by atoms with E-state index in [9.17, 15) is 0 Å². The highest BCUT2D eigenvalue weighted by molar-refractivity contribution is 6.04. The highest BCUT2D eigenvalue weighted by atomic mass is 14.9. The number of hydrogen-bond acceptors (Lipinski definition) is 4. The Balaban J connectivity index is 0.946. The van der Waals surface area contributed by atoms with Crippen molar-refractivity contribution in [3.63, 3.8) is 0 Å². The Morgan fingerprint density at radius 2 is 0.518 bits per heavy atom. The van der Waals surface area contributed by atoms with E-state index in [1.807, 2.05) is 42.5 Å². The maximum Gasteiger partial charge on any atom is 0.160 e. The Morgan fingerprint density at radius 1 is 0.214 bits per heavy atom. The summed E-state index contributed by atoms with van der Waals surface area (Å²) in [6.45, 7) is 0. The molecule has 3 heterocycles. The van der Waals surface area contributed by atoms with Gasteiger partial charge in [0.25, 0.3) is 0 Å².